The number of hydrogen-bond donors (Lipinski definition) is 2. The predicted molar refractivity (Wildman–Crippen MR) is 123 cm³/mol. The van der Waals surface area contributed by atoms with E-state index in [1.807, 2.05) is 18.2 Å². The maximum atomic E-state index is 12.2. The Hall–Kier alpha value is -3.52. The number of benzene rings is 2. The van der Waals surface area contributed by atoms with E-state index in [-0.39, 0.29) is 18.4 Å². The molecule has 0 aliphatic heterocycles. The van der Waals surface area contributed by atoms with E-state index in [9.17, 15) is 9.59 Å². The van der Waals surface area contributed by atoms with E-state index < -0.39 is 0 Å². The smallest absolute Gasteiger partial charge is 0.262 e. The number of rotatable bonds is 10. The van der Waals surface area contributed by atoms with Crippen LogP contribution in [0.4, 0.5) is 11.4 Å². The predicted octanol–water partition coefficient (Wildman–Crippen LogP) is 3.98. The SMILES string of the molecule is COc1ccccc1OCC(=O)Nc1cccc(NC(=O)CSCc2cccnc2)c1. The van der Waals surface area contributed by atoms with Gasteiger partial charge >= 0.3 is 0 Å². The highest BCUT2D eigenvalue weighted by Crippen LogP contribution is 2.25. The van der Waals surface area contributed by atoms with E-state index >= 15 is 0 Å². The third-order valence-electron chi connectivity index (χ3n) is 4.08. The van der Waals surface area contributed by atoms with Gasteiger partial charge in [0.15, 0.2) is 18.1 Å². The van der Waals surface area contributed by atoms with Crippen LogP contribution in [0.15, 0.2) is 73.1 Å². The van der Waals surface area contributed by atoms with Gasteiger partial charge in [-0.3, -0.25) is 14.6 Å². The second-order valence-electron chi connectivity index (χ2n) is 6.47. The van der Waals surface area contributed by atoms with Crippen LogP contribution < -0.4 is 20.1 Å². The fraction of sp³-hybridized carbons (Fsp3) is 0.174. The van der Waals surface area contributed by atoms with E-state index in [0.717, 1.165) is 5.56 Å². The van der Waals surface area contributed by atoms with Gasteiger partial charge in [0, 0.05) is 29.5 Å². The fourth-order valence-corrected chi connectivity index (χ4v) is 3.46. The lowest BCUT2D eigenvalue weighted by atomic mass is 10.2. The van der Waals surface area contributed by atoms with Crippen molar-refractivity contribution >= 4 is 35.0 Å². The summed E-state index contributed by atoms with van der Waals surface area (Å²) >= 11 is 1.51. The average Bonchev–Trinajstić information content (AvgIpc) is 2.79. The molecule has 7 nitrogen and oxygen atoms in total. The molecule has 8 heteroatoms. The standard InChI is InChI=1S/C23H23N3O4S/c1-29-20-9-2-3-10-21(20)30-14-22(27)25-18-7-4-8-19(12-18)26-23(28)16-31-15-17-6-5-11-24-13-17/h2-13H,14-16H2,1H3,(H,25,27)(H,26,28). The fourth-order valence-electron chi connectivity index (χ4n) is 2.70. The zero-order valence-corrected chi connectivity index (χ0v) is 17.9. The van der Waals surface area contributed by atoms with Crippen molar-refractivity contribution in [1.82, 2.24) is 4.98 Å². The normalized spacial score (nSPS) is 10.2. The van der Waals surface area contributed by atoms with Crippen LogP contribution in [0.1, 0.15) is 5.56 Å². The summed E-state index contributed by atoms with van der Waals surface area (Å²) in [6.07, 6.45) is 3.51. The Morgan fingerprint density at radius 3 is 2.39 bits per heavy atom. The van der Waals surface area contributed by atoms with Crippen molar-refractivity contribution in [2.45, 2.75) is 5.75 Å². The number of anilines is 2. The van der Waals surface area contributed by atoms with Crippen LogP contribution in [-0.4, -0.2) is 36.3 Å². The van der Waals surface area contributed by atoms with Crippen molar-refractivity contribution in [3.63, 3.8) is 0 Å². The number of hydrogen-bond acceptors (Lipinski definition) is 6. The second kappa shape index (κ2) is 11.6. The lowest BCUT2D eigenvalue weighted by Crippen LogP contribution is -2.20. The van der Waals surface area contributed by atoms with Gasteiger partial charge in [-0.05, 0) is 42.0 Å². The highest BCUT2D eigenvalue weighted by Gasteiger charge is 2.09. The van der Waals surface area contributed by atoms with Crippen LogP contribution in [0.25, 0.3) is 0 Å². The molecule has 3 aromatic rings. The summed E-state index contributed by atoms with van der Waals surface area (Å²) in [5.74, 6) is 1.64. The largest absolute Gasteiger partial charge is 0.493 e. The van der Waals surface area contributed by atoms with Gasteiger partial charge in [-0.15, -0.1) is 11.8 Å². The van der Waals surface area contributed by atoms with Gasteiger partial charge in [-0.1, -0.05) is 24.3 Å². The van der Waals surface area contributed by atoms with Crippen molar-refractivity contribution < 1.29 is 19.1 Å². The first kappa shape index (κ1) is 22.2. The number of thioether (sulfide) groups is 1. The average molecular weight is 438 g/mol. The third kappa shape index (κ3) is 7.35. The number of carbonyl (C=O) groups is 2. The first-order chi connectivity index (χ1) is 15.1. The van der Waals surface area contributed by atoms with Gasteiger partial charge in [0.2, 0.25) is 5.91 Å². The quantitative estimate of drug-likeness (QED) is 0.499. The Morgan fingerprint density at radius 2 is 1.68 bits per heavy atom. The number of nitrogens with one attached hydrogen (secondary N) is 2. The molecule has 1 aromatic heterocycles. The lowest BCUT2D eigenvalue weighted by Gasteiger charge is -2.11. The Balaban J connectivity index is 1.45. The molecule has 2 amide bonds. The molecule has 0 radical (unpaired) electrons. The molecule has 0 aliphatic carbocycles. The summed E-state index contributed by atoms with van der Waals surface area (Å²) in [6.45, 7) is -0.165. The van der Waals surface area contributed by atoms with E-state index in [2.05, 4.69) is 15.6 Å². The van der Waals surface area contributed by atoms with E-state index in [1.54, 1.807) is 62.0 Å². The molecule has 0 saturated heterocycles. The van der Waals surface area contributed by atoms with Crippen molar-refractivity contribution in [2.24, 2.45) is 0 Å². The van der Waals surface area contributed by atoms with Crippen molar-refractivity contribution in [1.29, 1.82) is 0 Å². The third-order valence-corrected chi connectivity index (χ3v) is 5.09. The number of amides is 2. The van der Waals surface area contributed by atoms with Crippen molar-refractivity contribution in [3.8, 4) is 11.5 Å². The first-order valence-corrected chi connectivity index (χ1v) is 10.7. The number of pyridine rings is 1. The number of nitrogens with zero attached hydrogens (tertiary/aromatic N) is 1. The Bertz CT molecular complexity index is 1010. The zero-order valence-electron chi connectivity index (χ0n) is 17.0. The summed E-state index contributed by atoms with van der Waals surface area (Å²) in [6, 6.07) is 17.9. The van der Waals surface area contributed by atoms with Gasteiger partial charge in [0.1, 0.15) is 0 Å². The van der Waals surface area contributed by atoms with Crippen LogP contribution >= 0.6 is 11.8 Å². The molecule has 0 aliphatic rings. The van der Waals surface area contributed by atoms with Crippen LogP contribution in [-0.2, 0) is 15.3 Å². The zero-order chi connectivity index (χ0) is 21.9. The molecule has 0 bridgehead atoms. The maximum Gasteiger partial charge on any atom is 0.262 e. The number of aromatic nitrogens is 1. The molecule has 160 valence electrons. The number of methoxy groups -OCH3 is 1. The van der Waals surface area contributed by atoms with Gasteiger partial charge in [-0.25, -0.2) is 0 Å². The number of para-hydroxylation sites is 2. The Morgan fingerprint density at radius 1 is 0.935 bits per heavy atom. The van der Waals surface area contributed by atoms with Gasteiger partial charge in [0.25, 0.3) is 5.91 Å². The van der Waals surface area contributed by atoms with Crippen molar-refractivity contribution in [2.75, 3.05) is 30.1 Å². The summed E-state index contributed by atoms with van der Waals surface area (Å²) in [4.78, 5) is 28.5. The minimum Gasteiger partial charge on any atom is -0.493 e. The van der Waals surface area contributed by atoms with E-state index in [0.29, 0.717) is 34.4 Å². The molecule has 2 aromatic carbocycles. The lowest BCUT2D eigenvalue weighted by molar-refractivity contribution is -0.118. The highest BCUT2D eigenvalue weighted by molar-refractivity contribution is 7.99. The summed E-state index contributed by atoms with van der Waals surface area (Å²) < 4.78 is 10.7. The molecule has 0 unspecified atom stereocenters. The minimum atomic E-state index is -0.318. The van der Waals surface area contributed by atoms with Gasteiger partial charge in [-0.2, -0.15) is 0 Å². The molecule has 3 rings (SSSR count). The highest BCUT2D eigenvalue weighted by atomic mass is 32.2. The summed E-state index contributed by atoms with van der Waals surface area (Å²) in [5.41, 5.74) is 2.24. The second-order valence-corrected chi connectivity index (χ2v) is 7.46. The molecular weight excluding hydrogens is 414 g/mol. The summed E-state index contributed by atoms with van der Waals surface area (Å²) in [7, 11) is 1.54. The molecule has 31 heavy (non-hydrogen) atoms. The molecular formula is C23H23N3O4S. The molecule has 0 saturated carbocycles. The molecule has 1 heterocycles. The van der Waals surface area contributed by atoms with E-state index in [1.165, 1.54) is 11.8 Å². The van der Waals surface area contributed by atoms with Crippen LogP contribution in [0.3, 0.4) is 0 Å². The van der Waals surface area contributed by atoms with Gasteiger partial charge < -0.3 is 20.1 Å². The van der Waals surface area contributed by atoms with Crippen LogP contribution in [0.5, 0.6) is 11.5 Å². The van der Waals surface area contributed by atoms with Crippen LogP contribution in [0.2, 0.25) is 0 Å². The number of ether oxygens (including phenoxy) is 2. The number of carbonyl (C=O) groups excluding carboxylic acids is 2. The van der Waals surface area contributed by atoms with E-state index in [4.69, 9.17) is 9.47 Å². The van der Waals surface area contributed by atoms with Gasteiger partial charge in [0.05, 0.1) is 12.9 Å². The van der Waals surface area contributed by atoms with Crippen molar-refractivity contribution in [3.05, 3.63) is 78.6 Å². The summed E-state index contributed by atoms with van der Waals surface area (Å²) in [5, 5.41) is 5.60. The first-order valence-electron chi connectivity index (χ1n) is 9.56. The monoisotopic (exact) mass is 437 g/mol. The Labute approximate surface area is 185 Å². The molecule has 2 N–H and O–H groups in total. The minimum absolute atomic E-state index is 0.114. The van der Waals surface area contributed by atoms with Crippen LogP contribution in [0, 0.1) is 0 Å². The molecule has 0 spiro atoms. The Kier molecular flexibility index (Phi) is 8.30. The topological polar surface area (TPSA) is 89.5 Å². The maximum absolute atomic E-state index is 12.2. The molecule has 0 atom stereocenters. The molecule has 0 fully saturated rings.